The second-order valence-electron chi connectivity index (χ2n) is 6.04. The van der Waals surface area contributed by atoms with Crippen molar-refractivity contribution in [2.45, 2.75) is 25.4 Å². The van der Waals surface area contributed by atoms with Crippen LogP contribution in [0.3, 0.4) is 0 Å². The molecule has 1 unspecified atom stereocenters. The van der Waals surface area contributed by atoms with Crippen molar-refractivity contribution in [3.05, 3.63) is 46.0 Å². The first-order valence-corrected chi connectivity index (χ1v) is 8.42. The molecule has 5 nitrogen and oxygen atoms in total. The van der Waals surface area contributed by atoms with Crippen molar-refractivity contribution in [1.29, 1.82) is 0 Å². The maximum atomic E-state index is 12.7. The molecule has 0 saturated heterocycles. The van der Waals surface area contributed by atoms with Gasteiger partial charge in [-0.25, -0.2) is 4.98 Å². The Bertz CT molecular complexity index is 769. The lowest BCUT2D eigenvalue weighted by Gasteiger charge is -2.27. The molecular weight excluding hydrogens is 335 g/mol. The Morgan fingerprint density at radius 3 is 2.91 bits per heavy atom. The number of hydrogen-bond donors (Lipinski definition) is 2. The van der Waals surface area contributed by atoms with E-state index in [4.69, 9.17) is 23.2 Å². The standard InChI is InChI=1S/C16H16Cl2N4O/c17-10-3-4-12(11(18)5-10)21-16(23)14-7-20-15-8-19-6-13(22(14)15)9-1-2-9/h3-5,7,9,13,19H,1-2,6,8H2,(H,21,23). The fraction of sp³-hybridized carbons (Fsp3) is 0.375. The Balaban J connectivity index is 1.63. The van der Waals surface area contributed by atoms with E-state index < -0.39 is 0 Å². The molecule has 2 heterocycles. The van der Waals surface area contributed by atoms with Crippen LogP contribution < -0.4 is 10.6 Å². The molecule has 2 N–H and O–H groups in total. The van der Waals surface area contributed by atoms with E-state index in [1.165, 1.54) is 12.8 Å². The van der Waals surface area contributed by atoms with Gasteiger partial charge in [0, 0.05) is 11.6 Å². The lowest BCUT2D eigenvalue weighted by molar-refractivity contribution is 0.101. The number of carbonyl (C=O) groups excluding carboxylic acids is 1. The Hall–Kier alpha value is -1.56. The van der Waals surface area contributed by atoms with E-state index in [0.29, 0.717) is 39.9 Å². The molecule has 1 aromatic carbocycles. The first-order chi connectivity index (χ1) is 11.1. The number of nitrogens with one attached hydrogen (secondary N) is 2. The highest BCUT2D eigenvalue weighted by atomic mass is 35.5. The normalized spacial score (nSPS) is 20.2. The summed E-state index contributed by atoms with van der Waals surface area (Å²) in [4.78, 5) is 17.1. The Kier molecular flexibility index (Phi) is 3.79. The molecule has 0 spiro atoms. The average Bonchev–Trinajstić information content (AvgIpc) is 3.28. The molecule has 1 aromatic heterocycles. The third-order valence-electron chi connectivity index (χ3n) is 4.42. The molecule has 2 aliphatic rings. The number of aromatic nitrogens is 2. The van der Waals surface area contributed by atoms with E-state index in [-0.39, 0.29) is 5.91 Å². The van der Waals surface area contributed by atoms with E-state index >= 15 is 0 Å². The van der Waals surface area contributed by atoms with Crippen LogP contribution in [0.25, 0.3) is 0 Å². The Morgan fingerprint density at radius 1 is 1.35 bits per heavy atom. The number of imidazole rings is 1. The highest BCUT2D eigenvalue weighted by Crippen LogP contribution is 2.41. The van der Waals surface area contributed by atoms with Crippen LogP contribution in [0.2, 0.25) is 10.0 Å². The summed E-state index contributed by atoms with van der Waals surface area (Å²) in [5, 5.41) is 7.20. The lowest BCUT2D eigenvalue weighted by Crippen LogP contribution is -2.36. The Labute approximate surface area is 144 Å². The second kappa shape index (κ2) is 5.82. The van der Waals surface area contributed by atoms with Gasteiger partial charge in [-0.05, 0) is 37.0 Å². The van der Waals surface area contributed by atoms with Gasteiger partial charge in [0.2, 0.25) is 0 Å². The average molecular weight is 351 g/mol. The molecule has 7 heteroatoms. The molecule has 1 saturated carbocycles. The van der Waals surface area contributed by atoms with E-state index in [0.717, 1.165) is 12.4 Å². The third kappa shape index (κ3) is 2.84. The second-order valence-corrected chi connectivity index (χ2v) is 6.89. The molecule has 1 aliphatic heterocycles. The van der Waals surface area contributed by atoms with Crippen molar-refractivity contribution < 1.29 is 4.79 Å². The minimum Gasteiger partial charge on any atom is -0.319 e. The van der Waals surface area contributed by atoms with Crippen LogP contribution in [0.1, 0.15) is 35.2 Å². The molecule has 1 atom stereocenters. The number of rotatable bonds is 3. The summed E-state index contributed by atoms with van der Waals surface area (Å²) in [6.07, 6.45) is 4.08. The molecule has 1 fully saturated rings. The number of hydrogen-bond acceptors (Lipinski definition) is 3. The number of halogens is 2. The van der Waals surface area contributed by atoms with Crippen LogP contribution >= 0.6 is 23.2 Å². The summed E-state index contributed by atoms with van der Waals surface area (Å²) < 4.78 is 2.09. The molecular formula is C16H16Cl2N4O. The van der Waals surface area contributed by atoms with Crippen molar-refractivity contribution in [3.63, 3.8) is 0 Å². The summed E-state index contributed by atoms with van der Waals surface area (Å²) >= 11 is 12.0. The SMILES string of the molecule is O=C(Nc1ccc(Cl)cc1Cl)c1cnc2n1C(C1CC1)CNC2. The summed E-state index contributed by atoms with van der Waals surface area (Å²) in [7, 11) is 0. The van der Waals surface area contributed by atoms with Gasteiger partial charge in [0.05, 0.1) is 29.5 Å². The first-order valence-electron chi connectivity index (χ1n) is 7.66. The van der Waals surface area contributed by atoms with Crippen LogP contribution in [0.15, 0.2) is 24.4 Å². The fourth-order valence-electron chi connectivity index (χ4n) is 3.13. The van der Waals surface area contributed by atoms with Crippen LogP contribution in [0, 0.1) is 5.92 Å². The first kappa shape index (κ1) is 15.0. The highest BCUT2D eigenvalue weighted by molar-refractivity contribution is 6.36. The minimum absolute atomic E-state index is 0.194. The van der Waals surface area contributed by atoms with Crippen molar-refractivity contribution in [2.24, 2.45) is 5.92 Å². The molecule has 1 amide bonds. The number of anilines is 1. The Morgan fingerprint density at radius 2 is 2.17 bits per heavy atom. The maximum absolute atomic E-state index is 12.7. The predicted molar refractivity (Wildman–Crippen MR) is 90.1 cm³/mol. The number of benzene rings is 1. The van der Waals surface area contributed by atoms with Gasteiger partial charge in [0.15, 0.2) is 0 Å². The zero-order valence-corrected chi connectivity index (χ0v) is 13.9. The largest absolute Gasteiger partial charge is 0.319 e. The fourth-order valence-corrected chi connectivity index (χ4v) is 3.58. The maximum Gasteiger partial charge on any atom is 0.273 e. The van der Waals surface area contributed by atoms with Gasteiger partial charge in [0.1, 0.15) is 11.5 Å². The van der Waals surface area contributed by atoms with Crippen molar-refractivity contribution in [1.82, 2.24) is 14.9 Å². The number of fused-ring (bicyclic) bond motifs is 1. The lowest BCUT2D eigenvalue weighted by atomic mass is 10.1. The van der Waals surface area contributed by atoms with E-state index in [2.05, 4.69) is 20.2 Å². The van der Waals surface area contributed by atoms with Crippen LogP contribution in [0.5, 0.6) is 0 Å². The molecule has 0 radical (unpaired) electrons. The van der Waals surface area contributed by atoms with Crippen LogP contribution in [0.4, 0.5) is 5.69 Å². The zero-order valence-electron chi connectivity index (χ0n) is 12.4. The number of amides is 1. The van der Waals surface area contributed by atoms with Crippen LogP contribution in [-0.4, -0.2) is 22.0 Å². The monoisotopic (exact) mass is 350 g/mol. The van der Waals surface area contributed by atoms with Gasteiger partial charge in [0.25, 0.3) is 5.91 Å². The van der Waals surface area contributed by atoms with E-state index in [1.807, 2.05) is 0 Å². The summed E-state index contributed by atoms with van der Waals surface area (Å²) in [5.74, 6) is 1.36. The quantitative estimate of drug-likeness (QED) is 0.890. The van der Waals surface area contributed by atoms with Gasteiger partial charge < -0.3 is 15.2 Å². The molecule has 2 aromatic rings. The highest BCUT2D eigenvalue weighted by Gasteiger charge is 2.37. The zero-order chi connectivity index (χ0) is 16.0. The van der Waals surface area contributed by atoms with Gasteiger partial charge in [-0.15, -0.1) is 0 Å². The van der Waals surface area contributed by atoms with Gasteiger partial charge in [-0.1, -0.05) is 23.2 Å². The number of nitrogens with zero attached hydrogens (tertiary/aromatic N) is 2. The molecule has 1 aliphatic carbocycles. The smallest absolute Gasteiger partial charge is 0.273 e. The van der Waals surface area contributed by atoms with Crippen molar-refractivity contribution >= 4 is 34.8 Å². The molecule has 0 bridgehead atoms. The predicted octanol–water partition coefficient (Wildman–Crippen LogP) is 3.50. The van der Waals surface area contributed by atoms with Crippen molar-refractivity contribution in [3.8, 4) is 0 Å². The van der Waals surface area contributed by atoms with Gasteiger partial charge >= 0.3 is 0 Å². The summed E-state index contributed by atoms with van der Waals surface area (Å²) in [5.41, 5.74) is 1.14. The molecule has 120 valence electrons. The van der Waals surface area contributed by atoms with Gasteiger partial charge in [-0.3, -0.25) is 4.79 Å². The minimum atomic E-state index is -0.194. The molecule has 4 rings (SSSR count). The van der Waals surface area contributed by atoms with Crippen LogP contribution in [-0.2, 0) is 6.54 Å². The third-order valence-corrected chi connectivity index (χ3v) is 4.97. The summed E-state index contributed by atoms with van der Waals surface area (Å²) in [6.45, 7) is 1.58. The van der Waals surface area contributed by atoms with E-state index in [9.17, 15) is 4.79 Å². The summed E-state index contributed by atoms with van der Waals surface area (Å²) in [6, 6.07) is 5.33. The molecule has 23 heavy (non-hydrogen) atoms. The van der Waals surface area contributed by atoms with E-state index in [1.54, 1.807) is 24.4 Å². The van der Waals surface area contributed by atoms with Crippen molar-refractivity contribution in [2.75, 3.05) is 11.9 Å². The van der Waals surface area contributed by atoms with Gasteiger partial charge in [-0.2, -0.15) is 0 Å². The topological polar surface area (TPSA) is 59.0 Å². The number of carbonyl (C=O) groups is 1.